The highest BCUT2D eigenvalue weighted by Gasteiger charge is 2.56. The molecule has 6 heteroatoms. The highest BCUT2D eigenvalue weighted by molar-refractivity contribution is 5.47. The summed E-state index contributed by atoms with van der Waals surface area (Å²) >= 11 is 0. The van der Waals surface area contributed by atoms with E-state index in [-0.39, 0.29) is 6.61 Å². The normalized spacial score (nSPS) is 25.5. The number of rotatable bonds is 9. The van der Waals surface area contributed by atoms with Crippen molar-refractivity contribution in [3.05, 3.63) is 144 Å². The summed E-state index contributed by atoms with van der Waals surface area (Å²) in [7, 11) is 0. The van der Waals surface area contributed by atoms with Crippen LogP contribution in [0, 0.1) is 0 Å². The number of fused-ring (bicyclic) bond motifs is 1. The number of ether oxygens (including phenoxy) is 5. The van der Waals surface area contributed by atoms with Crippen molar-refractivity contribution in [1.29, 1.82) is 0 Å². The number of hydrogen-bond donors (Lipinski definition) is 1. The Bertz CT molecular complexity index is 1280. The second-order valence-corrected chi connectivity index (χ2v) is 11.0. The Morgan fingerprint density at radius 3 is 1.66 bits per heavy atom. The fourth-order valence-electron chi connectivity index (χ4n) is 5.85. The highest BCUT2D eigenvalue weighted by Crippen LogP contribution is 2.43. The van der Waals surface area contributed by atoms with Crippen LogP contribution in [0.4, 0.5) is 0 Å². The maximum atomic E-state index is 11.2. The third-order valence-electron chi connectivity index (χ3n) is 7.72. The molecule has 1 N–H and O–H groups in total. The molecule has 0 amide bonds. The predicted octanol–water partition coefficient (Wildman–Crippen LogP) is 5.82. The second kappa shape index (κ2) is 11.9. The van der Waals surface area contributed by atoms with Crippen LogP contribution in [-0.2, 0) is 35.9 Å². The molecular weight excluding hydrogens is 516 g/mol. The van der Waals surface area contributed by atoms with Gasteiger partial charge in [-0.05, 0) is 36.1 Å². The topological polar surface area (TPSA) is 66.4 Å². The highest BCUT2D eigenvalue weighted by atomic mass is 16.8. The lowest BCUT2D eigenvalue weighted by Gasteiger charge is -2.42. The van der Waals surface area contributed by atoms with Gasteiger partial charge in [-0.25, -0.2) is 0 Å². The van der Waals surface area contributed by atoms with Crippen LogP contribution in [-0.4, -0.2) is 48.2 Å². The van der Waals surface area contributed by atoms with Crippen molar-refractivity contribution in [2.45, 2.75) is 62.5 Å². The molecule has 4 aromatic carbocycles. The molecule has 0 aliphatic carbocycles. The zero-order valence-electron chi connectivity index (χ0n) is 23.3. The minimum Gasteiger partial charge on any atom is -0.385 e. The molecule has 0 aromatic heterocycles. The number of aliphatic hydroxyl groups is 1. The van der Waals surface area contributed by atoms with Gasteiger partial charge >= 0.3 is 0 Å². The molecular formula is C35H36O6. The average molecular weight is 553 g/mol. The Labute approximate surface area is 241 Å². The van der Waals surface area contributed by atoms with E-state index in [1.807, 2.05) is 98.8 Å². The Morgan fingerprint density at radius 2 is 1.15 bits per heavy atom. The first kappa shape index (κ1) is 27.8. The second-order valence-electron chi connectivity index (χ2n) is 11.0. The van der Waals surface area contributed by atoms with Crippen LogP contribution >= 0.6 is 0 Å². The minimum atomic E-state index is -1.02. The smallest absolute Gasteiger partial charge is 0.187 e. The van der Waals surface area contributed by atoms with Crippen LogP contribution in [0.2, 0.25) is 0 Å². The van der Waals surface area contributed by atoms with Crippen LogP contribution in [0.25, 0.3) is 0 Å². The Kier molecular flexibility index (Phi) is 8.04. The largest absolute Gasteiger partial charge is 0.385 e. The molecule has 2 saturated heterocycles. The first-order valence-electron chi connectivity index (χ1n) is 14.1. The molecule has 5 atom stereocenters. The SMILES string of the molecule is CC1(C)O[C@@H]2[C@@H](O)[C@H](OCc3ccccc3)O[C@H](COC(c3ccccc3)(c3ccccc3)c3ccccc3)[C@@H]2O1. The summed E-state index contributed by atoms with van der Waals surface area (Å²) in [6.07, 6.45) is -3.68. The molecule has 0 bridgehead atoms. The van der Waals surface area contributed by atoms with Crippen molar-refractivity contribution in [2.75, 3.05) is 6.61 Å². The van der Waals surface area contributed by atoms with Crippen LogP contribution in [0.15, 0.2) is 121 Å². The standard InChI is InChI=1S/C35H36O6/c1-34(2)40-31-29(39-33(30(36)32(31)41-34)37-23-25-15-7-3-8-16-25)24-38-35(26-17-9-4-10-18-26,27-19-11-5-12-20-27)28-21-13-6-14-22-28/h3-22,29-33,36H,23-24H2,1-2H3/t29-,30-,31+,32-,33-/m1/s1. The fraction of sp³-hybridized carbons (Fsp3) is 0.314. The van der Waals surface area contributed by atoms with Crippen LogP contribution in [0.5, 0.6) is 0 Å². The molecule has 0 spiro atoms. The van der Waals surface area contributed by atoms with Crippen LogP contribution < -0.4 is 0 Å². The van der Waals surface area contributed by atoms with E-state index < -0.39 is 42.1 Å². The van der Waals surface area contributed by atoms with Gasteiger partial charge in [0.2, 0.25) is 0 Å². The molecule has 0 unspecified atom stereocenters. The minimum absolute atomic E-state index is 0.164. The monoisotopic (exact) mass is 552 g/mol. The van der Waals surface area contributed by atoms with Gasteiger partial charge in [0.15, 0.2) is 12.1 Å². The molecule has 6 nitrogen and oxygen atoms in total. The summed E-state index contributed by atoms with van der Waals surface area (Å²) in [4.78, 5) is 0. The van der Waals surface area contributed by atoms with Crippen molar-refractivity contribution in [3.8, 4) is 0 Å². The molecule has 2 heterocycles. The van der Waals surface area contributed by atoms with E-state index in [1.54, 1.807) is 0 Å². The lowest BCUT2D eigenvalue weighted by atomic mass is 9.80. The molecule has 6 rings (SSSR count). The number of hydrogen-bond acceptors (Lipinski definition) is 6. The average Bonchev–Trinajstić information content (AvgIpc) is 3.36. The van der Waals surface area contributed by atoms with Gasteiger partial charge < -0.3 is 28.8 Å². The molecule has 41 heavy (non-hydrogen) atoms. The van der Waals surface area contributed by atoms with Gasteiger partial charge in [0, 0.05) is 0 Å². The van der Waals surface area contributed by atoms with Crippen molar-refractivity contribution in [2.24, 2.45) is 0 Å². The zero-order chi connectivity index (χ0) is 28.3. The summed E-state index contributed by atoms with van der Waals surface area (Å²) < 4.78 is 32.1. The fourth-order valence-corrected chi connectivity index (χ4v) is 5.85. The van der Waals surface area contributed by atoms with Gasteiger partial charge in [0.25, 0.3) is 0 Å². The van der Waals surface area contributed by atoms with E-state index in [0.717, 1.165) is 22.3 Å². The first-order chi connectivity index (χ1) is 20.0. The van der Waals surface area contributed by atoms with E-state index in [1.165, 1.54) is 0 Å². The van der Waals surface area contributed by atoms with Gasteiger partial charge in [-0.15, -0.1) is 0 Å². The molecule has 2 fully saturated rings. The quantitative estimate of drug-likeness (QED) is 0.264. The van der Waals surface area contributed by atoms with Crippen LogP contribution in [0.3, 0.4) is 0 Å². The van der Waals surface area contributed by atoms with Crippen molar-refractivity contribution < 1.29 is 28.8 Å². The van der Waals surface area contributed by atoms with Gasteiger partial charge in [0.1, 0.15) is 30.0 Å². The van der Waals surface area contributed by atoms with E-state index in [0.29, 0.717) is 6.61 Å². The molecule has 212 valence electrons. The van der Waals surface area contributed by atoms with E-state index in [4.69, 9.17) is 23.7 Å². The Morgan fingerprint density at radius 1 is 0.683 bits per heavy atom. The van der Waals surface area contributed by atoms with Gasteiger partial charge in [-0.1, -0.05) is 121 Å². The van der Waals surface area contributed by atoms with Crippen molar-refractivity contribution >= 4 is 0 Å². The number of aliphatic hydroxyl groups excluding tert-OH is 1. The summed E-state index contributed by atoms with van der Waals surface area (Å²) in [5, 5.41) is 11.2. The van der Waals surface area contributed by atoms with E-state index >= 15 is 0 Å². The lowest BCUT2D eigenvalue weighted by Crippen LogP contribution is -2.58. The Hall–Kier alpha value is -3.36. The maximum Gasteiger partial charge on any atom is 0.187 e. The summed E-state index contributed by atoms with van der Waals surface area (Å²) in [5.74, 6) is -0.887. The first-order valence-corrected chi connectivity index (χ1v) is 14.1. The molecule has 2 aliphatic heterocycles. The summed E-state index contributed by atoms with van der Waals surface area (Å²) in [6.45, 7) is 4.15. The lowest BCUT2D eigenvalue weighted by molar-refractivity contribution is -0.290. The van der Waals surface area contributed by atoms with Gasteiger partial charge in [0.05, 0.1) is 13.2 Å². The van der Waals surface area contributed by atoms with Crippen molar-refractivity contribution in [1.82, 2.24) is 0 Å². The van der Waals surface area contributed by atoms with Crippen LogP contribution in [0.1, 0.15) is 36.1 Å². The van der Waals surface area contributed by atoms with Crippen molar-refractivity contribution in [3.63, 3.8) is 0 Å². The number of benzene rings is 4. The third kappa shape index (κ3) is 5.72. The predicted molar refractivity (Wildman–Crippen MR) is 155 cm³/mol. The van der Waals surface area contributed by atoms with E-state index in [2.05, 4.69) is 36.4 Å². The molecule has 0 saturated carbocycles. The molecule has 2 aliphatic rings. The summed E-state index contributed by atoms with van der Waals surface area (Å²) in [6, 6.07) is 40.4. The Balaban J connectivity index is 1.34. The molecule has 0 radical (unpaired) electrons. The third-order valence-corrected chi connectivity index (χ3v) is 7.72. The van der Waals surface area contributed by atoms with Gasteiger partial charge in [-0.3, -0.25) is 0 Å². The van der Waals surface area contributed by atoms with E-state index in [9.17, 15) is 5.11 Å². The summed E-state index contributed by atoms with van der Waals surface area (Å²) in [5.41, 5.74) is 3.04. The molecule has 4 aromatic rings. The van der Waals surface area contributed by atoms with Gasteiger partial charge in [-0.2, -0.15) is 0 Å². The maximum absolute atomic E-state index is 11.2. The zero-order valence-corrected chi connectivity index (χ0v) is 23.3.